The van der Waals surface area contributed by atoms with E-state index in [-0.39, 0.29) is 31.4 Å². The summed E-state index contributed by atoms with van der Waals surface area (Å²) in [4.78, 5) is 32.6. The Morgan fingerprint density at radius 3 is 2.57 bits per heavy atom. The monoisotopic (exact) mass is 198 g/mol. The number of hydrogen-bond donors (Lipinski definition) is 1. The molecule has 0 unspecified atom stereocenters. The van der Waals surface area contributed by atoms with Crippen LogP contribution in [0.25, 0.3) is 0 Å². The first-order valence-electron chi connectivity index (χ1n) is 4.03. The van der Waals surface area contributed by atoms with Crippen molar-refractivity contribution in [3.8, 4) is 0 Å². The number of carbonyl (C=O) groups excluding carboxylic acids is 3. The molecule has 0 spiro atoms. The maximum Gasteiger partial charge on any atom is 0.331 e. The van der Waals surface area contributed by atoms with Gasteiger partial charge in [-0.3, -0.25) is 9.59 Å². The lowest BCUT2D eigenvalue weighted by Crippen LogP contribution is -2.43. The zero-order valence-electron chi connectivity index (χ0n) is 7.49. The molecule has 0 aliphatic carbocycles. The fourth-order valence-electron chi connectivity index (χ4n) is 0.980. The van der Waals surface area contributed by atoms with Gasteiger partial charge >= 0.3 is 5.97 Å². The molecule has 1 rings (SSSR count). The molecule has 0 aromatic rings. The number of esters is 1. The van der Waals surface area contributed by atoms with Crippen molar-refractivity contribution in [1.29, 1.82) is 0 Å². The maximum atomic E-state index is 11.0. The van der Waals surface area contributed by atoms with Crippen LogP contribution >= 0.6 is 0 Å². The summed E-state index contributed by atoms with van der Waals surface area (Å²) >= 11 is 0. The minimum atomic E-state index is -0.614. The van der Waals surface area contributed by atoms with Crippen LogP contribution < -0.4 is 5.43 Å². The summed E-state index contributed by atoms with van der Waals surface area (Å²) in [6.45, 7) is 2.97. The van der Waals surface area contributed by atoms with Crippen molar-refractivity contribution < 1.29 is 19.1 Å². The second-order valence-corrected chi connectivity index (χ2v) is 2.59. The molecule has 14 heavy (non-hydrogen) atoms. The first-order valence-corrected chi connectivity index (χ1v) is 4.03. The summed E-state index contributed by atoms with van der Waals surface area (Å²) in [7, 11) is 0. The predicted octanol–water partition coefficient (Wildman–Crippen LogP) is -0.673. The van der Waals surface area contributed by atoms with Crippen molar-refractivity contribution in [2.45, 2.75) is 12.8 Å². The van der Waals surface area contributed by atoms with Crippen LogP contribution in [0.15, 0.2) is 12.7 Å². The van der Waals surface area contributed by atoms with Crippen LogP contribution in [0, 0.1) is 0 Å². The number of ether oxygens (including phenoxy) is 1. The highest BCUT2D eigenvalue weighted by Crippen LogP contribution is 2.07. The van der Waals surface area contributed by atoms with Gasteiger partial charge < -0.3 is 4.74 Å². The fourth-order valence-corrected chi connectivity index (χ4v) is 0.980. The molecule has 0 atom stereocenters. The Labute approximate surface area is 80.5 Å². The topological polar surface area (TPSA) is 75.7 Å². The average molecular weight is 198 g/mol. The quantitative estimate of drug-likeness (QED) is 0.280. The molecule has 76 valence electrons. The highest BCUT2D eigenvalue weighted by Gasteiger charge is 2.28. The normalized spacial score (nSPS) is 15.9. The lowest BCUT2D eigenvalue weighted by molar-refractivity contribution is -0.149. The molecule has 1 aliphatic rings. The summed E-state index contributed by atoms with van der Waals surface area (Å²) in [5, 5.41) is 0.858. The van der Waals surface area contributed by atoms with Gasteiger partial charge in [-0.2, -0.15) is 5.43 Å². The molecule has 0 radical (unpaired) electrons. The van der Waals surface area contributed by atoms with Gasteiger partial charge in [-0.05, 0) is 0 Å². The molecule has 1 aliphatic heterocycles. The van der Waals surface area contributed by atoms with Crippen LogP contribution in [0.3, 0.4) is 0 Å². The highest BCUT2D eigenvalue weighted by molar-refractivity contribution is 6.01. The Morgan fingerprint density at radius 2 is 2.07 bits per heavy atom. The van der Waals surface area contributed by atoms with Crippen molar-refractivity contribution >= 4 is 17.8 Å². The van der Waals surface area contributed by atoms with Gasteiger partial charge in [0.1, 0.15) is 0 Å². The van der Waals surface area contributed by atoms with Gasteiger partial charge in [-0.1, -0.05) is 6.58 Å². The van der Waals surface area contributed by atoms with E-state index in [9.17, 15) is 14.4 Å². The lowest BCUT2D eigenvalue weighted by Gasteiger charge is -2.14. The molecular weight excluding hydrogens is 188 g/mol. The third kappa shape index (κ3) is 2.40. The predicted molar refractivity (Wildman–Crippen MR) is 45.4 cm³/mol. The first kappa shape index (κ1) is 10.4. The van der Waals surface area contributed by atoms with E-state index in [1.165, 1.54) is 0 Å². The Bertz CT molecular complexity index is 271. The van der Waals surface area contributed by atoms with Crippen LogP contribution in [-0.4, -0.2) is 29.5 Å². The average Bonchev–Trinajstić information content (AvgIpc) is 2.48. The summed E-state index contributed by atoms with van der Waals surface area (Å²) in [6, 6.07) is 0. The van der Waals surface area contributed by atoms with Crippen LogP contribution in [0.4, 0.5) is 0 Å². The Hall–Kier alpha value is -1.69. The number of hydrazine groups is 1. The molecule has 0 aromatic heterocycles. The Kier molecular flexibility index (Phi) is 3.35. The van der Waals surface area contributed by atoms with Gasteiger partial charge in [0.05, 0.1) is 0 Å². The van der Waals surface area contributed by atoms with Crippen LogP contribution in [-0.2, 0) is 19.1 Å². The van der Waals surface area contributed by atoms with Crippen molar-refractivity contribution in [1.82, 2.24) is 10.4 Å². The maximum absolute atomic E-state index is 11.0. The van der Waals surface area contributed by atoms with Crippen molar-refractivity contribution in [2.75, 3.05) is 6.73 Å². The summed E-state index contributed by atoms with van der Waals surface area (Å²) in [5.41, 5.74) is 2.39. The standard InChI is InChI=1S/C8H10N2O4/c1-2-8(13)14-5-9-10-6(11)3-4-7(10)12/h2,9H,1,3-5H2. The van der Waals surface area contributed by atoms with Gasteiger partial charge in [0, 0.05) is 18.9 Å². The SMILES string of the molecule is C=CC(=O)OCNN1C(=O)CCC1=O. The molecule has 1 N–H and O–H groups in total. The zero-order valence-corrected chi connectivity index (χ0v) is 7.49. The summed E-state index contributed by atoms with van der Waals surface area (Å²) < 4.78 is 4.54. The molecule has 6 nitrogen and oxygen atoms in total. The van der Waals surface area contributed by atoms with E-state index in [4.69, 9.17) is 0 Å². The van der Waals surface area contributed by atoms with E-state index >= 15 is 0 Å². The molecule has 6 heteroatoms. The molecule has 1 fully saturated rings. The first-order chi connectivity index (χ1) is 6.65. The van der Waals surface area contributed by atoms with Crippen LogP contribution in [0.1, 0.15) is 12.8 Å². The van der Waals surface area contributed by atoms with Gasteiger partial charge in [0.2, 0.25) is 11.8 Å². The van der Waals surface area contributed by atoms with Gasteiger partial charge in [-0.25, -0.2) is 9.80 Å². The lowest BCUT2D eigenvalue weighted by atomic mass is 10.4. The largest absolute Gasteiger partial charge is 0.445 e. The molecule has 1 saturated heterocycles. The van der Waals surface area contributed by atoms with Crippen LogP contribution in [0.5, 0.6) is 0 Å². The molecule has 0 aromatic carbocycles. The zero-order chi connectivity index (χ0) is 10.6. The van der Waals surface area contributed by atoms with E-state index in [2.05, 4.69) is 16.7 Å². The van der Waals surface area contributed by atoms with Gasteiger partial charge in [0.15, 0.2) is 6.73 Å². The number of hydrogen-bond acceptors (Lipinski definition) is 5. The molecular formula is C8H10N2O4. The summed E-state index contributed by atoms with van der Waals surface area (Å²) in [6.07, 6.45) is 1.39. The molecule has 0 bridgehead atoms. The van der Waals surface area contributed by atoms with E-state index in [1.54, 1.807) is 0 Å². The Morgan fingerprint density at radius 1 is 1.50 bits per heavy atom. The minimum Gasteiger partial charge on any atom is -0.445 e. The number of amides is 2. The second-order valence-electron chi connectivity index (χ2n) is 2.59. The third-order valence-corrected chi connectivity index (χ3v) is 1.66. The number of nitrogens with one attached hydrogen (secondary N) is 1. The highest BCUT2D eigenvalue weighted by atomic mass is 16.5. The third-order valence-electron chi connectivity index (χ3n) is 1.66. The number of nitrogens with zero attached hydrogens (tertiary/aromatic N) is 1. The van der Waals surface area contributed by atoms with Crippen LogP contribution in [0.2, 0.25) is 0 Å². The minimum absolute atomic E-state index is 0.196. The van der Waals surface area contributed by atoms with Crippen molar-refractivity contribution in [3.05, 3.63) is 12.7 Å². The van der Waals surface area contributed by atoms with E-state index in [0.717, 1.165) is 11.1 Å². The second kappa shape index (κ2) is 4.52. The molecule has 1 heterocycles. The molecule has 0 saturated carbocycles. The van der Waals surface area contributed by atoms with Gasteiger partial charge in [-0.15, -0.1) is 0 Å². The van der Waals surface area contributed by atoms with E-state index in [1.807, 2.05) is 0 Å². The molecule has 2 amide bonds. The van der Waals surface area contributed by atoms with Gasteiger partial charge in [0.25, 0.3) is 0 Å². The number of rotatable bonds is 4. The number of carbonyl (C=O) groups is 3. The number of imide groups is 1. The summed E-state index contributed by atoms with van der Waals surface area (Å²) in [5.74, 6) is -1.24. The smallest absolute Gasteiger partial charge is 0.331 e. The van der Waals surface area contributed by atoms with E-state index < -0.39 is 5.97 Å². The van der Waals surface area contributed by atoms with Crippen molar-refractivity contribution in [3.63, 3.8) is 0 Å². The fraction of sp³-hybridized carbons (Fsp3) is 0.375. The van der Waals surface area contributed by atoms with Crippen molar-refractivity contribution in [2.24, 2.45) is 0 Å². The Balaban J connectivity index is 2.30. The van der Waals surface area contributed by atoms with E-state index in [0.29, 0.717) is 0 Å².